The van der Waals surface area contributed by atoms with Gasteiger partial charge in [0.15, 0.2) is 0 Å². The van der Waals surface area contributed by atoms with Crippen LogP contribution in [0.15, 0.2) is 18.5 Å². The highest BCUT2D eigenvalue weighted by atomic mass is 35.5. The fourth-order valence-electron chi connectivity index (χ4n) is 1.48. The molecule has 0 spiro atoms. The Hall–Kier alpha value is -1.82. The molecule has 0 bridgehead atoms. The van der Waals surface area contributed by atoms with E-state index in [0.29, 0.717) is 17.3 Å². The topological polar surface area (TPSA) is 66.8 Å². The van der Waals surface area contributed by atoms with Crippen LogP contribution in [0.1, 0.15) is 16.2 Å². The average Bonchev–Trinajstić information content (AvgIpc) is 2.88. The van der Waals surface area contributed by atoms with E-state index in [1.54, 1.807) is 22.8 Å². The van der Waals surface area contributed by atoms with Crippen LogP contribution in [0.5, 0.6) is 0 Å². The molecule has 0 unspecified atom stereocenters. The van der Waals surface area contributed by atoms with E-state index in [0.717, 1.165) is 5.69 Å². The second-order valence-electron chi connectivity index (χ2n) is 3.70. The van der Waals surface area contributed by atoms with Gasteiger partial charge >= 0.3 is 0 Å². The Labute approximate surface area is 103 Å². The molecule has 6 nitrogen and oxygen atoms in total. The molecule has 0 fully saturated rings. The van der Waals surface area contributed by atoms with E-state index >= 15 is 0 Å². The number of rotatable bonds is 3. The van der Waals surface area contributed by atoms with Crippen molar-refractivity contribution >= 4 is 17.5 Å². The maximum Gasteiger partial charge on any atom is 0.273 e. The molecule has 90 valence electrons. The smallest absolute Gasteiger partial charge is 0.273 e. The summed E-state index contributed by atoms with van der Waals surface area (Å²) in [6.07, 6.45) is 3.10. The Balaban J connectivity index is 2.11. The third-order valence-electron chi connectivity index (χ3n) is 2.48. The number of carbonyl (C=O) groups is 1. The summed E-state index contributed by atoms with van der Waals surface area (Å²) in [5.41, 5.74) is 1.24. The third-order valence-corrected chi connectivity index (χ3v) is 2.76. The molecule has 1 amide bonds. The van der Waals surface area contributed by atoms with Gasteiger partial charge in [-0.05, 0) is 6.07 Å². The Morgan fingerprint density at radius 3 is 2.94 bits per heavy atom. The number of nitrogens with one attached hydrogen (secondary N) is 1. The molecule has 0 saturated carbocycles. The second kappa shape index (κ2) is 4.58. The summed E-state index contributed by atoms with van der Waals surface area (Å²) >= 11 is 5.83. The van der Waals surface area contributed by atoms with Crippen molar-refractivity contribution in [2.24, 2.45) is 7.05 Å². The van der Waals surface area contributed by atoms with Gasteiger partial charge in [-0.3, -0.25) is 14.6 Å². The number of aromatic amines is 1. The lowest BCUT2D eigenvalue weighted by Gasteiger charge is -2.16. The van der Waals surface area contributed by atoms with Gasteiger partial charge < -0.3 is 4.90 Å². The zero-order valence-electron chi connectivity index (χ0n) is 9.51. The predicted octanol–water partition coefficient (Wildman–Crippen LogP) is 1.07. The van der Waals surface area contributed by atoms with E-state index < -0.39 is 0 Å². The quantitative estimate of drug-likeness (QED) is 0.890. The Morgan fingerprint density at radius 2 is 2.41 bits per heavy atom. The monoisotopic (exact) mass is 253 g/mol. The third kappa shape index (κ3) is 2.31. The van der Waals surface area contributed by atoms with Crippen molar-refractivity contribution in [2.45, 2.75) is 6.54 Å². The molecule has 0 aliphatic heterocycles. The van der Waals surface area contributed by atoms with E-state index in [9.17, 15) is 4.79 Å². The molecule has 2 heterocycles. The second-order valence-corrected chi connectivity index (χ2v) is 4.11. The minimum atomic E-state index is -0.200. The standard InChI is InChI=1S/C10H12ClN5O/c1-15(6-7-3-4-13-16(7)2)10(17)9-8(11)5-12-14-9/h3-5H,6H2,1-2H3,(H,12,14). The van der Waals surface area contributed by atoms with Crippen molar-refractivity contribution < 1.29 is 4.79 Å². The molecule has 0 aromatic carbocycles. The lowest BCUT2D eigenvalue weighted by molar-refractivity contribution is 0.0776. The van der Waals surface area contributed by atoms with Crippen LogP contribution >= 0.6 is 11.6 Å². The van der Waals surface area contributed by atoms with Crippen molar-refractivity contribution in [1.82, 2.24) is 24.9 Å². The van der Waals surface area contributed by atoms with E-state index in [1.807, 2.05) is 13.1 Å². The Kier molecular flexibility index (Phi) is 3.14. The highest BCUT2D eigenvalue weighted by Crippen LogP contribution is 2.14. The zero-order chi connectivity index (χ0) is 12.4. The van der Waals surface area contributed by atoms with Gasteiger partial charge in [0.25, 0.3) is 5.91 Å². The molecule has 2 aromatic heterocycles. The van der Waals surface area contributed by atoms with Gasteiger partial charge in [0, 0.05) is 20.3 Å². The minimum absolute atomic E-state index is 0.200. The van der Waals surface area contributed by atoms with Crippen molar-refractivity contribution in [2.75, 3.05) is 7.05 Å². The summed E-state index contributed by atoms with van der Waals surface area (Å²) in [5, 5.41) is 10.7. The molecule has 2 rings (SSSR count). The highest BCUT2D eigenvalue weighted by molar-refractivity contribution is 6.33. The van der Waals surface area contributed by atoms with Crippen LogP contribution in [0, 0.1) is 0 Å². The Morgan fingerprint density at radius 1 is 1.65 bits per heavy atom. The maximum absolute atomic E-state index is 12.0. The first-order valence-corrected chi connectivity index (χ1v) is 5.38. The molecule has 17 heavy (non-hydrogen) atoms. The highest BCUT2D eigenvalue weighted by Gasteiger charge is 2.17. The van der Waals surface area contributed by atoms with Crippen molar-refractivity contribution in [3.63, 3.8) is 0 Å². The largest absolute Gasteiger partial charge is 0.334 e. The fraction of sp³-hybridized carbons (Fsp3) is 0.300. The molecular weight excluding hydrogens is 242 g/mol. The summed E-state index contributed by atoms with van der Waals surface area (Å²) < 4.78 is 1.72. The average molecular weight is 254 g/mol. The van der Waals surface area contributed by atoms with Crippen molar-refractivity contribution in [1.29, 1.82) is 0 Å². The first kappa shape index (κ1) is 11.7. The van der Waals surface area contributed by atoms with E-state index in [1.165, 1.54) is 6.20 Å². The minimum Gasteiger partial charge on any atom is -0.334 e. The van der Waals surface area contributed by atoms with Crippen LogP contribution in [-0.2, 0) is 13.6 Å². The van der Waals surface area contributed by atoms with Gasteiger partial charge in [0.2, 0.25) is 0 Å². The zero-order valence-corrected chi connectivity index (χ0v) is 10.3. The molecule has 1 N–H and O–H groups in total. The number of aromatic nitrogens is 4. The van der Waals surface area contributed by atoms with E-state index in [-0.39, 0.29) is 5.91 Å². The van der Waals surface area contributed by atoms with Gasteiger partial charge in [0.05, 0.1) is 23.5 Å². The fourth-order valence-corrected chi connectivity index (χ4v) is 1.66. The van der Waals surface area contributed by atoms with Gasteiger partial charge in [-0.25, -0.2) is 0 Å². The lowest BCUT2D eigenvalue weighted by atomic mass is 10.3. The van der Waals surface area contributed by atoms with Gasteiger partial charge in [0.1, 0.15) is 5.69 Å². The number of carbonyl (C=O) groups excluding carboxylic acids is 1. The van der Waals surface area contributed by atoms with Crippen LogP contribution in [0.25, 0.3) is 0 Å². The maximum atomic E-state index is 12.0. The van der Waals surface area contributed by atoms with E-state index in [2.05, 4.69) is 15.3 Å². The number of nitrogens with zero attached hydrogens (tertiary/aromatic N) is 4. The molecule has 0 saturated heterocycles. The molecule has 0 atom stereocenters. The molecule has 2 aromatic rings. The van der Waals surface area contributed by atoms with Gasteiger partial charge in [-0.15, -0.1) is 0 Å². The van der Waals surface area contributed by atoms with Crippen LogP contribution in [0.4, 0.5) is 0 Å². The Bertz CT molecular complexity index is 532. The molecule has 7 heteroatoms. The number of hydrogen-bond acceptors (Lipinski definition) is 3. The number of amides is 1. The van der Waals surface area contributed by atoms with Crippen LogP contribution in [-0.4, -0.2) is 37.8 Å². The number of H-pyrrole nitrogens is 1. The van der Waals surface area contributed by atoms with Crippen LogP contribution < -0.4 is 0 Å². The van der Waals surface area contributed by atoms with Crippen molar-refractivity contribution in [3.8, 4) is 0 Å². The molecule has 0 aliphatic carbocycles. The summed E-state index contributed by atoms with van der Waals surface area (Å²) in [6.45, 7) is 0.463. The number of aryl methyl sites for hydroxylation is 1. The number of hydrogen-bond donors (Lipinski definition) is 1. The molecular formula is C10H12ClN5O. The SMILES string of the molecule is CN(Cc1ccnn1C)C(=O)c1[nH]ncc1Cl. The van der Waals surface area contributed by atoms with Crippen molar-refractivity contribution in [3.05, 3.63) is 34.9 Å². The van der Waals surface area contributed by atoms with Gasteiger partial charge in [-0.2, -0.15) is 10.2 Å². The molecule has 0 radical (unpaired) electrons. The summed E-state index contributed by atoms with van der Waals surface area (Å²) in [5.74, 6) is -0.200. The van der Waals surface area contributed by atoms with Gasteiger partial charge in [-0.1, -0.05) is 11.6 Å². The molecule has 0 aliphatic rings. The van der Waals surface area contributed by atoms with E-state index in [4.69, 9.17) is 11.6 Å². The van der Waals surface area contributed by atoms with Crippen LogP contribution in [0.2, 0.25) is 5.02 Å². The lowest BCUT2D eigenvalue weighted by Crippen LogP contribution is -2.27. The summed E-state index contributed by atoms with van der Waals surface area (Å²) in [4.78, 5) is 13.6. The normalized spacial score (nSPS) is 10.5. The predicted molar refractivity (Wildman–Crippen MR) is 62.6 cm³/mol. The summed E-state index contributed by atoms with van der Waals surface area (Å²) in [7, 11) is 3.53. The van der Waals surface area contributed by atoms with Crippen LogP contribution in [0.3, 0.4) is 0 Å². The first-order valence-electron chi connectivity index (χ1n) is 5.01. The first-order chi connectivity index (χ1) is 8.09. The summed E-state index contributed by atoms with van der Waals surface area (Å²) in [6, 6.07) is 1.86. The number of halogens is 1.